The first kappa shape index (κ1) is 15.0. The largest absolute Gasteiger partial charge is 0.492 e. The van der Waals surface area contributed by atoms with Crippen molar-refractivity contribution in [2.75, 3.05) is 20.2 Å². The van der Waals surface area contributed by atoms with Crippen LogP contribution in [0, 0.1) is 0 Å². The van der Waals surface area contributed by atoms with E-state index in [1.165, 1.54) is 5.56 Å². The molecule has 2 N–H and O–H groups in total. The van der Waals surface area contributed by atoms with Gasteiger partial charge in [-0.05, 0) is 53.7 Å². The lowest BCUT2D eigenvalue weighted by atomic mass is 10.2. The van der Waals surface area contributed by atoms with Crippen LogP contribution in [0.4, 0.5) is 0 Å². The minimum Gasteiger partial charge on any atom is -0.492 e. The van der Waals surface area contributed by atoms with Gasteiger partial charge in [0.1, 0.15) is 17.3 Å². The molecule has 3 nitrogen and oxygen atoms in total. The maximum Gasteiger partial charge on any atom is 0.119 e. The van der Waals surface area contributed by atoms with E-state index in [0.29, 0.717) is 11.6 Å². The fourth-order valence-corrected chi connectivity index (χ4v) is 2.60. The molecule has 0 radical (unpaired) electrons. The number of hydrogen-bond acceptors (Lipinski definition) is 4. The van der Waals surface area contributed by atoms with Crippen molar-refractivity contribution in [3.05, 3.63) is 52.2 Å². The average Bonchev–Trinajstić information content (AvgIpc) is 2.92. The Labute approximate surface area is 129 Å². The minimum atomic E-state index is 0.409. The first-order valence-corrected chi connectivity index (χ1v) is 7.72. The van der Waals surface area contributed by atoms with Crippen LogP contribution in [-0.2, 0) is 6.54 Å². The van der Waals surface area contributed by atoms with Crippen molar-refractivity contribution in [1.29, 1.82) is 0 Å². The number of benzene rings is 1. The molecule has 0 saturated heterocycles. The van der Waals surface area contributed by atoms with Gasteiger partial charge in [0, 0.05) is 18.7 Å². The molecule has 5 heteroatoms. The van der Waals surface area contributed by atoms with Gasteiger partial charge in [0.15, 0.2) is 0 Å². The molecular formula is C15H18N2OS2. The summed E-state index contributed by atoms with van der Waals surface area (Å²) in [6.45, 7) is 2.49. The van der Waals surface area contributed by atoms with Crippen LogP contribution in [0.15, 0.2) is 41.1 Å². The van der Waals surface area contributed by atoms with E-state index in [0.717, 1.165) is 24.4 Å². The van der Waals surface area contributed by atoms with Gasteiger partial charge in [-0.3, -0.25) is 4.90 Å². The fourth-order valence-electron chi connectivity index (χ4n) is 1.81. The molecule has 2 rings (SSSR count). The van der Waals surface area contributed by atoms with Crippen LogP contribution in [0.5, 0.6) is 5.75 Å². The second-order valence-corrected chi connectivity index (χ2v) is 5.83. The molecule has 0 bridgehead atoms. The number of thiophene rings is 1. The summed E-state index contributed by atoms with van der Waals surface area (Å²) in [5.41, 5.74) is 7.76. The Balaban J connectivity index is 1.73. The molecule has 0 aliphatic rings. The lowest BCUT2D eigenvalue weighted by Gasteiger charge is -2.16. The molecule has 0 saturated carbocycles. The Morgan fingerprint density at radius 2 is 2.05 bits per heavy atom. The van der Waals surface area contributed by atoms with E-state index in [4.69, 9.17) is 22.7 Å². The van der Waals surface area contributed by atoms with E-state index in [9.17, 15) is 0 Å². The van der Waals surface area contributed by atoms with Gasteiger partial charge in [-0.25, -0.2) is 0 Å². The zero-order valence-corrected chi connectivity index (χ0v) is 13.0. The third kappa shape index (κ3) is 4.59. The smallest absolute Gasteiger partial charge is 0.119 e. The number of nitrogens with zero attached hydrogens (tertiary/aromatic N) is 1. The third-order valence-corrected chi connectivity index (χ3v) is 3.88. The van der Waals surface area contributed by atoms with Crippen molar-refractivity contribution < 1.29 is 4.74 Å². The van der Waals surface area contributed by atoms with Gasteiger partial charge in [-0.2, -0.15) is 11.3 Å². The summed E-state index contributed by atoms with van der Waals surface area (Å²) in [7, 11) is 2.09. The SMILES string of the molecule is CN(CCOc1ccc(C(N)=S)cc1)Cc1ccsc1. The summed E-state index contributed by atoms with van der Waals surface area (Å²) >= 11 is 6.64. The van der Waals surface area contributed by atoms with Crippen LogP contribution in [-0.4, -0.2) is 30.1 Å². The average molecular weight is 306 g/mol. The molecule has 2 aromatic rings. The number of ether oxygens (including phenoxy) is 1. The molecule has 0 aliphatic carbocycles. The Kier molecular flexibility index (Phi) is 5.52. The van der Waals surface area contributed by atoms with Crippen LogP contribution in [0.3, 0.4) is 0 Å². The van der Waals surface area contributed by atoms with Crippen molar-refractivity contribution in [1.82, 2.24) is 4.90 Å². The summed E-state index contributed by atoms with van der Waals surface area (Å²) in [6.07, 6.45) is 0. The maximum absolute atomic E-state index is 5.71. The highest BCUT2D eigenvalue weighted by atomic mass is 32.1. The number of thiocarbonyl (C=S) groups is 1. The first-order chi connectivity index (χ1) is 9.65. The Morgan fingerprint density at radius 1 is 1.30 bits per heavy atom. The molecule has 0 atom stereocenters. The molecule has 0 amide bonds. The number of rotatable bonds is 7. The Bertz CT molecular complexity index is 538. The normalized spacial score (nSPS) is 10.7. The van der Waals surface area contributed by atoms with E-state index < -0.39 is 0 Å². The highest BCUT2D eigenvalue weighted by molar-refractivity contribution is 7.80. The van der Waals surface area contributed by atoms with Gasteiger partial charge in [-0.1, -0.05) is 12.2 Å². The fraction of sp³-hybridized carbons (Fsp3) is 0.267. The molecule has 1 aromatic carbocycles. The van der Waals surface area contributed by atoms with E-state index in [1.54, 1.807) is 11.3 Å². The van der Waals surface area contributed by atoms with Gasteiger partial charge in [-0.15, -0.1) is 0 Å². The van der Waals surface area contributed by atoms with Crippen LogP contribution >= 0.6 is 23.6 Å². The zero-order valence-electron chi connectivity index (χ0n) is 11.4. The Hall–Kier alpha value is -1.43. The molecule has 1 aromatic heterocycles. The molecule has 20 heavy (non-hydrogen) atoms. The molecule has 0 spiro atoms. The molecular weight excluding hydrogens is 288 g/mol. The summed E-state index contributed by atoms with van der Waals surface area (Å²) in [6, 6.07) is 9.71. The van der Waals surface area contributed by atoms with Gasteiger partial charge < -0.3 is 10.5 Å². The summed E-state index contributed by atoms with van der Waals surface area (Å²) in [4.78, 5) is 2.65. The summed E-state index contributed by atoms with van der Waals surface area (Å²) < 4.78 is 5.71. The predicted molar refractivity (Wildman–Crippen MR) is 88.5 cm³/mol. The second-order valence-electron chi connectivity index (χ2n) is 4.61. The number of nitrogens with two attached hydrogens (primary N) is 1. The molecule has 0 unspecified atom stereocenters. The van der Waals surface area contributed by atoms with Crippen molar-refractivity contribution in [2.24, 2.45) is 5.73 Å². The van der Waals surface area contributed by atoms with Crippen molar-refractivity contribution in [2.45, 2.75) is 6.54 Å². The number of hydrogen-bond donors (Lipinski definition) is 1. The third-order valence-electron chi connectivity index (χ3n) is 2.91. The highest BCUT2D eigenvalue weighted by Crippen LogP contribution is 2.12. The van der Waals surface area contributed by atoms with Gasteiger partial charge in [0.05, 0.1) is 0 Å². The maximum atomic E-state index is 5.71. The number of likely N-dealkylation sites (N-methyl/N-ethyl adjacent to an activating group) is 1. The lowest BCUT2D eigenvalue weighted by molar-refractivity contribution is 0.233. The van der Waals surface area contributed by atoms with Crippen molar-refractivity contribution >= 4 is 28.5 Å². The quantitative estimate of drug-likeness (QED) is 0.798. The molecule has 0 fully saturated rings. The second kappa shape index (κ2) is 7.38. The van der Waals surface area contributed by atoms with Crippen LogP contribution in [0.1, 0.15) is 11.1 Å². The van der Waals surface area contributed by atoms with E-state index in [1.807, 2.05) is 24.3 Å². The zero-order chi connectivity index (χ0) is 14.4. The monoisotopic (exact) mass is 306 g/mol. The lowest BCUT2D eigenvalue weighted by Crippen LogP contribution is -2.23. The first-order valence-electron chi connectivity index (χ1n) is 6.37. The summed E-state index contributed by atoms with van der Waals surface area (Å²) in [5.74, 6) is 0.842. The molecule has 0 aliphatic heterocycles. The highest BCUT2D eigenvalue weighted by Gasteiger charge is 2.02. The predicted octanol–water partition coefficient (Wildman–Crippen LogP) is 2.89. The van der Waals surface area contributed by atoms with Crippen molar-refractivity contribution in [3.8, 4) is 5.75 Å². The standard InChI is InChI=1S/C15H18N2OS2/c1-17(10-12-6-9-20-11-12)7-8-18-14-4-2-13(3-5-14)15(16)19/h2-6,9,11H,7-8,10H2,1H3,(H2,16,19). The van der Waals surface area contributed by atoms with Gasteiger partial charge in [0.25, 0.3) is 0 Å². The van der Waals surface area contributed by atoms with E-state index in [2.05, 4.69) is 28.8 Å². The summed E-state index contributed by atoms with van der Waals surface area (Å²) in [5, 5.41) is 4.27. The van der Waals surface area contributed by atoms with Gasteiger partial charge in [0.2, 0.25) is 0 Å². The Morgan fingerprint density at radius 3 is 2.65 bits per heavy atom. The topological polar surface area (TPSA) is 38.5 Å². The van der Waals surface area contributed by atoms with E-state index in [-0.39, 0.29) is 0 Å². The van der Waals surface area contributed by atoms with Crippen LogP contribution in [0.2, 0.25) is 0 Å². The van der Waals surface area contributed by atoms with Crippen molar-refractivity contribution in [3.63, 3.8) is 0 Å². The van der Waals surface area contributed by atoms with Crippen LogP contribution in [0.25, 0.3) is 0 Å². The van der Waals surface area contributed by atoms with Gasteiger partial charge >= 0.3 is 0 Å². The molecule has 1 heterocycles. The minimum absolute atomic E-state index is 0.409. The van der Waals surface area contributed by atoms with Crippen LogP contribution < -0.4 is 10.5 Å². The molecule has 106 valence electrons. The van der Waals surface area contributed by atoms with E-state index >= 15 is 0 Å².